The van der Waals surface area contributed by atoms with Crippen molar-refractivity contribution in [2.24, 2.45) is 0 Å². The van der Waals surface area contributed by atoms with Gasteiger partial charge in [0.1, 0.15) is 11.5 Å². The third-order valence-electron chi connectivity index (χ3n) is 4.09. The maximum atomic E-state index is 12.1. The number of hydrogen-bond donors (Lipinski definition) is 1. The third-order valence-corrected chi connectivity index (χ3v) is 4.09. The van der Waals surface area contributed by atoms with E-state index in [2.05, 4.69) is 9.97 Å². The molecule has 0 spiro atoms. The van der Waals surface area contributed by atoms with Crippen LogP contribution in [0.3, 0.4) is 0 Å². The van der Waals surface area contributed by atoms with Crippen molar-refractivity contribution in [3.63, 3.8) is 0 Å². The Morgan fingerprint density at radius 1 is 1.03 bits per heavy atom. The van der Waals surface area contributed by atoms with Crippen LogP contribution in [0.5, 0.6) is 11.5 Å². The molecule has 0 unspecified atom stereocenters. The molecule has 0 aliphatic carbocycles. The molecule has 0 bridgehead atoms. The number of carbonyl (C=O) groups excluding carboxylic acids is 1. The second-order valence-electron chi connectivity index (χ2n) is 6.32. The lowest BCUT2D eigenvalue weighted by molar-refractivity contribution is -0.384. The zero-order valence-corrected chi connectivity index (χ0v) is 15.7. The molecule has 146 valence electrons. The minimum absolute atomic E-state index is 0.101. The minimum Gasteiger partial charge on any atom is -0.507 e. The van der Waals surface area contributed by atoms with Gasteiger partial charge in [-0.2, -0.15) is 0 Å². The molecule has 29 heavy (non-hydrogen) atoms. The molecule has 1 aromatic heterocycles. The Balaban J connectivity index is 1.67. The highest BCUT2D eigenvalue weighted by molar-refractivity contribution is 5.87. The summed E-state index contributed by atoms with van der Waals surface area (Å²) in [5.41, 5.74) is 3.06. The third kappa shape index (κ3) is 4.81. The number of aromatic nitrogens is 2. The van der Waals surface area contributed by atoms with Crippen molar-refractivity contribution in [1.29, 1.82) is 0 Å². The molecule has 0 aliphatic heterocycles. The Bertz CT molecular complexity index is 1070. The average Bonchev–Trinajstić information content (AvgIpc) is 2.71. The lowest BCUT2D eigenvalue weighted by Gasteiger charge is -2.05. The number of nitro benzene ring substituents is 1. The lowest BCUT2D eigenvalue weighted by atomic mass is 10.1. The van der Waals surface area contributed by atoms with Crippen LogP contribution in [0.2, 0.25) is 0 Å². The number of benzene rings is 2. The van der Waals surface area contributed by atoms with Gasteiger partial charge in [-0.1, -0.05) is 12.2 Å². The van der Waals surface area contributed by atoms with E-state index in [1.807, 2.05) is 32.1 Å². The molecule has 0 radical (unpaired) electrons. The van der Waals surface area contributed by atoms with Gasteiger partial charge in [-0.3, -0.25) is 10.1 Å². The number of aryl methyl sites for hydroxylation is 2. The maximum Gasteiger partial charge on any atom is 0.381 e. The highest BCUT2D eigenvalue weighted by Crippen LogP contribution is 2.24. The van der Waals surface area contributed by atoms with E-state index in [0.29, 0.717) is 5.56 Å². The van der Waals surface area contributed by atoms with E-state index < -0.39 is 10.9 Å². The van der Waals surface area contributed by atoms with Gasteiger partial charge in [0.2, 0.25) is 5.82 Å². The molecule has 8 heteroatoms. The van der Waals surface area contributed by atoms with Crippen molar-refractivity contribution < 1.29 is 19.6 Å². The molecule has 0 fully saturated rings. The van der Waals surface area contributed by atoms with Crippen molar-refractivity contribution in [3.8, 4) is 11.5 Å². The molecule has 3 aromatic rings. The summed E-state index contributed by atoms with van der Waals surface area (Å²) in [7, 11) is 0. The lowest BCUT2D eigenvalue weighted by Crippen LogP contribution is -2.12. The highest BCUT2D eigenvalue weighted by Gasteiger charge is 2.13. The van der Waals surface area contributed by atoms with E-state index in [1.165, 1.54) is 36.7 Å². The smallest absolute Gasteiger partial charge is 0.381 e. The molecule has 0 saturated carbocycles. The second-order valence-corrected chi connectivity index (χ2v) is 6.32. The van der Waals surface area contributed by atoms with Gasteiger partial charge in [0, 0.05) is 30.1 Å². The predicted octanol–water partition coefficient (Wildman–Crippen LogP) is 4.10. The number of rotatable bonds is 5. The number of phenolic OH excluding ortho intramolecular Hbond substituents is 1. The number of hydrogen-bond acceptors (Lipinski definition) is 7. The van der Waals surface area contributed by atoms with Crippen LogP contribution in [0.15, 0.2) is 48.8 Å². The zero-order chi connectivity index (χ0) is 21.0. The normalized spacial score (nSPS) is 10.8. The first-order valence-electron chi connectivity index (χ1n) is 8.60. The monoisotopic (exact) mass is 391 g/mol. The van der Waals surface area contributed by atoms with E-state index >= 15 is 0 Å². The summed E-state index contributed by atoms with van der Waals surface area (Å²) in [6.07, 6.45) is 6.61. The number of non-ortho nitro benzene ring substituents is 1. The summed E-state index contributed by atoms with van der Waals surface area (Å²) in [4.78, 5) is 30.2. The van der Waals surface area contributed by atoms with Crippen LogP contribution in [0.25, 0.3) is 12.2 Å². The molecule has 0 atom stereocenters. The van der Waals surface area contributed by atoms with Crippen LogP contribution >= 0.6 is 0 Å². The summed E-state index contributed by atoms with van der Waals surface area (Å²) in [5, 5.41) is 20.5. The summed E-state index contributed by atoms with van der Waals surface area (Å²) in [6, 6.07) is 8.85. The summed E-state index contributed by atoms with van der Waals surface area (Å²) in [6.45, 7) is 3.66. The maximum absolute atomic E-state index is 12.1. The van der Waals surface area contributed by atoms with Gasteiger partial charge in [0.15, 0.2) is 0 Å². The fourth-order valence-electron chi connectivity index (χ4n) is 2.60. The standard InChI is InChI=1S/C21H17N3O5/c1-13-9-15(10-14(2)19(13)25)3-4-16-11-22-20(23-12-16)21(26)29-18-7-5-17(6-8-18)24(27)28/h3-12,25H,1-2H3/b4-3+. The number of ether oxygens (including phenoxy) is 1. The Labute approximate surface area is 166 Å². The Morgan fingerprint density at radius 2 is 1.59 bits per heavy atom. The highest BCUT2D eigenvalue weighted by atomic mass is 16.6. The first-order chi connectivity index (χ1) is 13.8. The molecule has 8 nitrogen and oxygen atoms in total. The fourth-order valence-corrected chi connectivity index (χ4v) is 2.60. The van der Waals surface area contributed by atoms with Crippen LogP contribution < -0.4 is 4.74 Å². The fraction of sp³-hybridized carbons (Fsp3) is 0.0952. The molecule has 2 aromatic carbocycles. The molecule has 3 rings (SSSR count). The number of phenols is 1. The molecule has 0 amide bonds. The molecular formula is C21H17N3O5. The Morgan fingerprint density at radius 3 is 2.14 bits per heavy atom. The SMILES string of the molecule is Cc1cc(/C=C/c2cnc(C(=O)Oc3ccc([N+](=O)[O-])cc3)nc2)cc(C)c1O. The van der Waals surface area contributed by atoms with Crippen LogP contribution in [0, 0.1) is 24.0 Å². The van der Waals surface area contributed by atoms with Crippen LogP contribution in [0.4, 0.5) is 5.69 Å². The van der Waals surface area contributed by atoms with Crippen molar-refractivity contribution in [3.05, 3.63) is 87.0 Å². The van der Waals surface area contributed by atoms with E-state index in [0.717, 1.165) is 16.7 Å². The van der Waals surface area contributed by atoms with Gasteiger partial charge >= 0.3 is 5.97 Å². The number of aromatic hydroxyl groups is 1. The van der Waals surface area contributed by atoms with E-state index in [-0.39, 0.29) is 23.0 Å². The second kappa shape index (κ2) is 8.30. The topological polar surface area (TPSA) is 115 Å². The average molecular weight is 391 g/mol. The number of carbonyl (C=O) groups is 1. The van der Waals surface area contributed by atoms with Crippen LogP contribution in [0.1, 0.15) is 32.9 Å². The number of esters is 1. The first-order valence-corrected chi connectivity index (χ1v) is 8.60. The van der Waals surface area contributed by atoms with Crippen molar-refractivity contribution in [2.45, 2.75) is 13.8 Å². The largest absolute Gasteiger partial charge is 0.507 e. The van der Waals surface area contributed by atoms with Gasteiger partial charge in [0.25, 0.3) is 5.69 Å². The quantitative estimate of drug-likeness (QED) is 0.301. The van der Waals surface area contributed by atoms with Gasteiger partial charge < -0.3 is 9.84 Å². The Kier molecular flexibility index (Phi) is 5.64. The van der Waals surface area contributed by atoms with Gasteiger partial charge in [-0.15, -0.1) is 0 Å². The molecule has 0 aliphatic rings. The molecule has 1 heterocycles. The van der Waals surface area contributed by atoms with Gasteiger partial charge in [-0.25, -0.2) is 14.8 Å². The number of nitrogens with zero attached hydrogens (tertiary/aromatic N) is 3. The van der Waals surface area contributed by atoms with Crippen molar-refractivity contribution >= 4 is 23.8 Å². The van der Waals surface area contributed by atoms with Gasteiger partial charge in [0.05, 0.1) is 4.92 Å². The first kappa shape index (κ1) is 19.7. The number of nitro groups is 1. The predicted molar refractivity (Wildman–Crippen MR) is 107 cm³/mol. The Hall–Kier alpha value is -4.07. The van der Waals surface area contributed by atoms with Crippen LogP contribution in [-0.4, -0.2) is 26.0 Å². The minimum atomic E-state index is -0.765. The van der Waals surface area contributed by atoms with Crippen molar-refractivity contribution in [1.82, 2.24) is 9.97 Å². The van der Waals surface area contributed by atoms with E-state index in [4.69, 9.17) is 4.74 Å². The van der Waals surface area contributed by atoms with Gasteiger partial charge in [-0.05, 0) is 54.8 Å². The summed E-state index contributed by atoms with van der Waals surface area (Å²) in [5.74, 6) is -0.455. The molecular weight excluding hydrogens is 374 g/mol. The molecule has 1 N–H and O–H groups in total. The summed E-state index contributed by atoms with van der Waals surface area (Å²) < 4.78 is 5.11. The van der Waals surface area contributed by atoms with E-state index in [9.17, 15) is 20.0 Å². The molecule has 0 saturated heterocycles. The van der Waals surface area contributed by atoms with E-state index in [1.54, 1.807) is 6.08 Å². The zero-order valence-electron chi connectivity index (χ0n) is 15.7. The summed E-state index contributed by atoms with van der Waals surface area (Å²) >= 11 is 0. The van der Waals surface area contributed by atoms with Crippen molar-refractivity contribution in [2.75, 3.05) is 0 Å². The van der Waals surface area contributed by atoms with Crippen LogP contribution in [-0.2, 0) is 0 Å².